The Hall–Kier alpha value is -1.33. The molecule has 0 aliphatic heterocycles. The van der Waals surface area contributed by atoms with Gasteiger partial charge in [0.2, 0.25) is 0 Å². The molecule has 18 heavy (non-hydrogen) atoms. The van der Waals surface area contributed by atoms with E-state index in [1.807, 2.05) is 44.7 Å². The number of anilines is 1. The van der Waals surface area contributed by atoms with Crippen LogP contribution in [0.25, 0.3) is 0 Å². The number of rotatable bonds is 4. The molecule has 0 spiro atoms. The van der Waals surface area contributed by atoms with Crippen molar-refractivity contribution < 1.29 is 5.11 Å². The third-order valence-corrected chi connectivity index (χ3v) is 3.30. The summed E-state index contributed by atoms with van der Waals surface area (Å²) in [6.45, 7) is 0.803. The molecule has 4 nitrogen and oxygen atoms in total. The van der Waals surface area contributed by atoms with E-state index in [1.165, 1.54) is 0 Å². The van der Waals surface area contributed by atoms with Gasteiger partial charge in [0.05, 0.1) is 12.8 Å². The van der Waals surface area contributed by atoms with Gasteiger partial charge in [-0.15, -0.1) is 0 Å². The van der Waals surface area contributed by atoms with Crippen molar-refractivity contribution >= 4 is 21.6 Å². The van der Waals surface area contributed by atoms with Crippen LogP contribution in [0, 0.1) is 0 Å². The third-order valence-electron chi connectivity index (χ3n) is 2.81. The van der Waals surface area contributed by atoms with Gasteiger partial charge >= 0.3 is 0 Å². The molecular weight excluding hydrogens is 294 g/mol. The highest BCUT2D eigenvalue weighted by atomic mass is 79.9. The molecule has 2 rings (SSSR count). The summed E-state index contributed by atoms with van der Waals surface area (Å²) in [7, 11) is 3.91. The molecule has 5 heteroatoms. The van der Waals surface area contributed by atoms with Gasteiger partial charge in [0, 0.05) is 48.1 Å². The smallest absolute Gasteiger partial charge is 0.0702 e. The number of aliphatic hydroxyl groups excluding tert-OH is 1. The second kappa shape index (κ2) is 5.54. The zero-order valence-corrected chi connectivity index (χ0v) is 12.1. The Bertz CT molecular complexity index is 539. The van der Waals surface area contributed by atoms with Crippen LogP contribution in [-0.2, 0) is 20.2 Å². The molecule has 1 aromatic carbocycles. The van der Waals surface area contributed by atoms with Crippen LogP contribution in [0.15, 0.2) is 35.1 Å². The fourth-order valence-electron chi connectivity index (χ4n) is 1.94. The fraction of sp³-hybridized carbons (Fsp3) is 0.308. The van der Waals surface area contributed by atoms with Crippen molar-refractivity contribution in [3.05, 3.63) is 46.2 Å². The molecule has 2 aromatic rings. The SMILES string of the molecule is CN(Cc1cnn(C)c1)c1cc(Br)ccc1CO. The van der Waals surface area contributed by atoms with Crippen molar-refractivity contribution in [3.8, 4) is 0 Å². The Labute approximate surface area is 115 Å². The van der Waals surface area contributed by atoms with E-state index in [0.29, 0.717) is 0 Å². The Kier molecular flexibility index (Phi) is 4.04. The van der Waals surface area contributed by atoms with Crippen LogP contribution in [0.4, 0.5) is 5.69 Å². The van der Waals surface area contributed by atoms with Gasteiger partial charge in [-0.3, -0.25) is 4.68 Å². The number of hydrogen-bond donors (Lipinski definition) is 1. The van der Waals surface area contributed by atoms with Crippen LogP contribution < -0.4 is 4.90 Å². The first-order valence-electron chi connectivity index (χ1n) is 5.68. The fourth-order valence-corrected chi connectivity index (χ4v) is 2.29. The van der Waals surface area contributed by atoms with E-state index in [2.05, 4.69) is 25.9 Å². The molecule has 0 aliphatic carbocycles. The van der Waals surface area contributed by atoms with Crippen LogP contribution in [0.5, 0.6) is 0 Å². The van der Waals surface area contributed by atoms with Crippen molar-refractivity contribution in [2.75, 3.05) is 11.9 Å². The molecule has 0 amide bonds. The number of aromatic nitrogens is 2. The predicted octanol–water partition coefficient (Wildman–Crippen LogP) is 2.31. The van der Waals surface area contributed by atoms with Gasteiger partial charge in [-0.25, -0.2) is 0 Å². The quantitative estimate of drug-likeness (QED) is 0.942. The first kappa shape index (κ1) is 13.1. The Balaban J connectivity index is 2.22. The highest BCUT2D eigenvalue weighted by Gasteiger charge is 2.09. The molecule has 0 saturated heterocycles. The lowest BCUT2D eigenvalue weighted by Gasteiger charge is -2.21. The minimum absolute atomic E-state index is 0.0417. The van der Waals surface area contributed by atoms with E-state index < -0.39 is 0 Å². The summed E-state index contributed by atoms with van der Waals surface area (Å²) in [4.78, 5) is 2.10. The molecule has 0 aliphatic rings. The Morgan fingerprint density at radius 1 is 1.44 bits per heavy atom. The summed E-state index contributed by atoms with van der Waals surface area (Å²) in [5.41, 5.74) is 3.09. The van der Waals surface area contributed by atoms with E-state index in [0.717, 1.165) is 27.8 Å². The first-order valence-corrected chi connectivity index (χ1v) is 6.47. The summed E-state index contributed by atoms with van der Waals surface area (Å²) < 4.78 is 2.80. The molecule has 96 valence electrons. The van der Waals surface area contributed by atoms with E-state index in [-0.39, 0.29) is 6.61 Å². The second-order valence-corrected chi connectivity index (χ2v) is 5.23. The number of aliphatic hydroxyl groups is 1. The molecule has 0 unspecified atom stereocenters. The van der Waals surface area contributed by atoms with E-state index >= 15 is 0 Å². The minimum Gasteiger partial charge on any atom is -0.392 e. The van der Waals surface area contributed by atoms with E-state index in [1.54, 1.807) is 4.68 Å². The zero-order valence-electron chi connectivity index (χ0n) is 10.5. The lowest BCUT2D eigenvalue weighted by atomic mass is 10.1. The summed E-state index contributed by atoms with van der Waals surface area (Å²) in [5, 5.41) is 13.5. The van der Waals surface area contributed by atoms with Crippen molar-refractivity contribution in [2.45, 2.75) is 13.2 Å². The van der Waals surface area contributed by atoms with Crippen LogP contribution in [0.2, 0.25) is 0 Å². The van der Waals surface area contributed by atoms with Crippen molar-refractivity contribution in [1.29, 1.82) is 0 Å². The molecule has 0 fully saturated rings. The predicted molar refractivity (Wildman–Crippen MR) is 75.4 cm³/mol. The van der Waals surface area contributed by atoms with Gasteiger partial charge in [-0.1, -0.05) is 22.0 Å². The topological polar surface area (TPSA) is 41.3 Å². The van der Waals surface area contributed by atoms with Gasteiger partial charge in [-0.2, -0.15) is 5.10 Å². The van der Waals surface area contributed by atoms with Gasteiger partial charge in [0.25, 0.3) is 0 Å². The van der Waals surface area contributed by atoms with Crippen molar-refractivity contribution in [1.82, 2.24) is 9.78 Å². The summed E-state index contributed by atoms with van der Waals surface area (Å²) in [6, 6.07) is 5.88. The first-order chi connectivity index (χ1) is 8.60. The third kappa shape index (κ3) is 2.91. The molecule has 1 heterocycles. The van der Waals surface area contributed by atoms with Crippen LogP contribution in [0.3, 0.4) is 0 Å². The molecule has 1 N–H and O–H groups in total. The van der Waals surface area contributed by atoms with Gasteiger partial charge in [0.1, 0.15) is 0 Å². The summed E-state index contributed by atoms with van der Waals surface area (Å²) in [5.74, 6) is 0. The minimum atomic E-state index is 0.0417. The maximum atomic E-state index is 9.37. The van der Waals surface area contributed by atoms with Crippen LogP contribution in [0.1, 0.15) is 11.1 Å². The summed E-state index contributed by atoms with van der Waals surface area (Å²) in [6.07, 6.45) is 3.85. The largest absolute Gasteiger partial charge is 0.392 e. The molecule has 0 bridgehead atoms. The number of benzene rings is 1. The summed E-state index contributed by atoms with van der Waals surface area (Å²) >= 11 is 3.46. The molecule has 0 radical (unpaired) electrons. The maximum absolute atomic E-state index is 9.37. The Morgan fingerprint density at radius 3 is 2.83 bits per heavy atom. The highest BCUT2D eigenvalue weighted by Crippen LogP contribution is 2.25. The highest BCUT2D eigenvalue weighted by molar-refractivity contribution is 9.10. The van der Waals surface area contributed by atoms with Crippen LogP contribution in [-0.4, -0.2) is 21.9 Å². The lowest BCUT2D eigenvalue weighted by molar-refractivity contribution is 0.282. The van der Waals surface area contributed by atoms with Gasteiger partial charge in [0.15, 0.2) is 0 Å². The number of nitrogens with zero attached hydrogens (tertiary/aromatic N) is 3. The average molecular weight is 310 g/mol. The molecular formula is C13H16BrN3O. The number of hydrogen-bond acceptors (Lipinski definition) is 3. The lowest BCUT2D eigenvalue weighted by Crippen LogP contribution is -2.17. The Morgan fingerprint density at radius 2 is 2.22 bits per heavy atom. The van der Waals surface area contributed by atoms with Gasteiger partial charge < -0.3 is 10.0 Å². The normalized spacial score (nSPS) is 10.7. The number of aryl methyl sites for hydroxylation is 1. The van der Waals surface area contributed by atoms with Crippen molar-refractivity contribution in [3.63, 3.8) is 0 Å². The molecule has 1 aromatic heterocycles. The van der Waals surface area contributed by atoms with E-state index in [9.17, 15) is 5.11 Å². The zero-order chi connectivity index (χ0) is 13.1. The maximum Gasteiger partial charge on any atom is 0.0702 e. The van der Waals surface area contributed by atoms with Crippen LogP contribution >= 0.6 is 15.9 Å². The molecule has 0 atom stereocenters. The molecule has 0 saturated carbocycles. The van der Waals surface area contributed by atoms with E-state index in [4.69, 9.17) is 0 Å². The van der Waals surface area contributed by atoms with Crippen molar-refractivity contribution in [2.24, 2.45) is 7.05 Å². The monoisotopic (exact) mass is 309 g/mol. The number of halogens is 1. The standard InChI is InChI=1S/C13H16BrN3O/c1-16(7-10-6-15-17(2)8-10)13-5-12(14)4-3-11(13)9-18/h3-6,8,18H,7,9H2,1-2H3. The van der Waals surface area contributed by atoms with Gasteiger partial charge in [-0.05, 0) is 12.1 Å². The second-order valence-electron chi connectivity index (χ2n) is 4.31. The average Bonchev–Trinajstić information content (AvgIpc) is 2.74.